The van der Waals surface area contributed by atoms with Crippen LogP contribution in [0.4, 0.5) is 0 Å². The van der Waals surface area contributed by atoms with Gasteiger partial charge in [0.25, 0.3) is 0 Å². The fraction of sp³-hybridized carbons (Fsp3) is 0.333. The molecule has 10 heavy (non-hydrogen) atoms. The normalized spacial score (nSPS) is 8.80. The van der Waals surface area contributed by atoms with Gasteiger partial charge < -0.3 is 4.57 Å². The number of aromatic nitrogens is 2. The van der Waals surface area contributed by atoms with Gasteiger partial charge in [0, 0.05) is 18.9 Å². The fourth-order valence-electron chi connectivity index (χ4n) is 0.630. The van der Waals surface area contributed by atoms with E-state index in [1.165, 1.54) is 6.08 Å². The highest BCUT2D eigenvalue weighted by Crippen LogP contribution is 1.84. The minimum absolute atomic E-state index is 0.472. The fourth-order valence-corrected chi connectivity index (χ4v) is 0.630. The number of imidazole rings is 1. The maximum absolute atomic E-state index is 9.62. The minimum Gasteiger partial charge on any atom is -0.336 e. The third kappa shape index (κ3) is 1.84. The molecule has 0 spiro atoms. The van der Waals surface area contributed by atoms with Gasteiger partial charge in [-0.1, -0.05) is 0 Å². The molecule has 0 N–H and O–H groups in total. The van der Waals surface area contributed by atoms with Crippen molar-refractivity contribution < 1.29 is 4.79 Å². The van der Waals surface area contributed by atoms with Gasteiger partial charge in [-0.25, -0.2) is 14.8 Å². The maximum atomic E-state index is 9.62. The molecule has 0 bridgehead atoms. The van der Waals surface area contributed by atoms with Crippen LogP contribution >= 0.6 is 0 Å². The molecule has 0 aliphatic carbocycles. The Morgan fingerprint density at radius 2 is 2.60 bits per heavy atom. The topological polar surface area (TPSA) is 47.2 Å². The van der Waals surface area contributed by atoms with Gasteiger partial charge in [0.2, 0.25) is 6.08 Å². The van der Waals surface area contributed by atoms with Gasteiger partial charge in [-0.3, -0.25) is 0 Å². The highest BCUT2D eigenvalue weighted by atomic mass is 16.1. The molecule has 1 aromatic rings. The van der Waals surface area contributed by atoms with Crippen molar-refractivity contribution in [2.75, 3.05) is 6.54 Å². The van der Waals surface area contributed by atoms with Crippen LogP contribution in [0.2, 0.25) is 0 Å². The molecule has 0 unspecified atom stereocenters. The first kappa shape index (κ1) is 6.71. The van der Waals surface area contributed by atoms with Crippen molar-refractivity contribution in [3.63, 3.8) is 0 Å². The largest absolute Gasteiger partial charge is 0.336 e. The number of rotatable bonds is 3. The molecule has 4 heteroatoms. The van der Waals surface area contributed by atoms with Gasteiger partial charge in [-0.05, 0) is 0 Å². The summed E-state index contributed by atoms with van der Waals surface area (Å²) >= 11 is 0. The Morgan fingerprint density at radius 3 is 3.20 bits per heavy atom. The second-order valence-corrected chi connectivity index (χ2v) is 1.77. The molecule has 0 amide bonds. The lowest BCUT2D eigenvalue weighted by molar-refractivity contribution is 0.561. The van der Waals surface area contributed by atoms with Crippen LogP contribution in [0.5, 0.6) is 0 Å². The lowest BCUT2D eigenvalue weighted by Gasteiger charge is -1.93. The zero-order valence-electron chi connectivity index (χ0n) is 5.40. The average Bonchev–Trinajstić information content (AvgIpc) is 2.41. The van der Waals surface area contributed by atoms with E-state index in [1.807, 2.05) is 10.8 Å². The number of aliphatic imine (C=N–C) groups is 1. The van der Waals surface area contributed by atoms with Gasteiger partial charge in [-0.2, -0.15) is 0 Å². The molecule has 1 rings (SSSR count). The monoisotopic (exact) mass is 137 g/mol. The zero-order chi connectivity index (χ0) is 7.23. The Hall–Kier alpha value is -1.41. The first-order chi connectivity index (χ1) is 4.93. The Balaban J connectivity index is 2.34. The van der Waals surface area contributed by atoms with Gasteiger partial charge in [-0.15, -0.1) is 0 Å². The first-order valence-corrected chi connectivity index (χ1v) is 2.93. The second-order valence-electron chi connectivity index (χ2n) is 1.77. The average molecular weight is 137 g/mol. The molecule has 0 radical (unpaired) electrons. The summed E-state index contributed by atoms with van der Waals surface area (Å²) in [5.41, 5.74) is 0. The summed E-state index contributed by atoms with van der Waals surface area (Å²) in [4.78, 5) is 16.8. The molecule has 0 aromatic carbocycles. The van der Waals surface area contributed by atoms with Gasteiger partial charge in [0.15, 0.2) is 0 Å². The molecule has 1 heterocycles. The molecular formula is C6H7N3O. The lowest BCUT2D eigenvalue weighted by atomic mass is 10.6. The predicted octanol–water partition coefficient (Wildman–Crippen LogP) is 0.219. The van der Waals surface area contributed by atoms with Crippen molar-refractivity contribution in [3.05, 3.63) is 18.7 Å². The van der Waals surface area contributed by atoms with Crippen LogP contribution in [0.3, 0.4) is 0 Å². The SMILES string of the molecule is O=C=NCCn1ccnc1. The van der Waals surface area contributed by atoms with E-state index < -0.39 is 0 Å². The summed E-state index contributed by atoms with van der Waals surface area (Å²) in [6.07, 6.45) is 6.66. The summed E-state index contributed by atoms with van der Waals surface area (Å²) in [7, 11) is 0. The van der Waals surface area contributed by atoms with Crippen molar-refractivity contribution in [2.24, 2.45) is 4.99 Å². The molecule has 52 valence electrons. The highest BCUT2D eigenvalue weighted by Gasteiger charge is 1.85. The molecule has 0 aliphatic heterocycles. The third-order valence-electron chi connectivity index (χ3n) is 1.09. The maximum Gasteiger partial charge on any atom is 0.235 e. The van der Waals surface area contributed by atoms with Crippen molar-refractivity contribution in [1.29, 1.82) is 0 Å². The summed E-state index contributed by atoms with van der Waals surface area (Å²) in [5.74, 6) is 0. The first-order valence-electron chi connectivity index (χ1n) is 2.93. The standard InChI is InChI=1S/C6H7N3O/c10-6-8-2-4-9-3-1-7-5-9/h1,3,5H,2,4H2. The molecule has 4 nitrogen and oxygen atoms in total. The van der Waals surface area contributed by atoms with E-state index in [0.717, 1.165) is 0 Å². The Morgan fingerprint density at radius 1 is 1.70 bits per heavy atom. The van der Waals surface area contributed by atoms with Gasteiger partial charge in [0.1, 0.15) is 0 Å². The molecule has 0 fully saturated rings. The van der Waals surface area contributed by atoms with Crippen molar-refractivity contribution in [3.8, 4) is 0 Å². The number of carbonyl (C=O) groups excluding carboxylic acids is 1. The molecule has 0 atom stereocenters. The van der Waals surface area contributed by atoms with Gasteiger partial charge in [0.05, 0.1) is 12.9 Å². The molecule has 1 aromatic heterocycles. The molecule has 0 saturated heterocycles. The summed E-state index contributed by atoms with van der Waals surface area (Å²) in [6.45, 7) is 1.16. The van der Waals surface area contributed by atoms with Crippen LogP contribution in [0.1, 0.15) is 0 Å². The molecular weight excluding hydrogens is 130 g/mol. The van der Waals surface area contributed by atoms with Gasteiger partial charge >= 0.3 is 0 Å². The van der Waals surface area contributed by atoms with E-state index in [4.69, 9.17) is 0 Å². The van der Waals surface area contributed by atoms with E-state index in [2.05, 4.69) is 9.98 Å². The zero-order valence-corrected chi connectivity index (χ0v) is 5.40. The highest BCUT2D eigenvalue weighted by molar-refractivity contribution is 5.32. The van der Waals surface area contributed by atoms with Crippen LogP contribution in [0.15, 0.2) is 23.7 Å². The Bertz CT molecular complexity index is 223. The number of hydrogen-bond acceptors (Lipinski definition) is 3. The van der Waals surface area contributed by atoms with Crippen molar-refractivity contribution in [1.82, 2.24) is 9.55 Å². The summed E-state index contributed by atoms with van der Waals surface area (Å²) in [5, 5.41) is 0. The van der Waals surface area contributed by atoms with Crippen molar-refractivity contribution >= 4 is 6.08 Å². The van der Waals surface area contributed by atoms with Crippen molar-refractivity contribution in [2.45, 2.75) is 6.54 Å². The third-order valence-corrected chi connectivity index (χ3v) is 1.09. The van der Waals surface area contributed by atoms with E-state index in [1.54, 1.807) is 12.5 Å². The van der Waals surface area contributed by atoms with Crippen LogP contribution in [0.25, 0.3) is 0 Å². The predicted molar refractivity (Wildman–Crippen MR) is 35.2 cm³/mol. The number of nitrogens with zero attached hydrogens (tertiary/aromatic N) is 3. The van der Waals surface area contributed by atoms with Crippen LogP contribution in [-0.2, 0) is 11.3 Å². The molecule has 0 saturated carbocycles. The Kier molecular flexibility index (Phi) is 2.40. The van der Waals surface area contributed by atoms with Crippen LogP contribution in [0, 0.1) is 0 Å². The van der Waals surface area contributed by atoms with Crippen LogP contribution in [-0.4, -0.2) is 22.2 Å². The smallest absolute Gasteiger partial charge is 0.235 e. The van der Waals surface area contributed by atoms with Crippen LogP contribution < -0.4 is 0 Å². The number of isocyanates is 1. The summed E-state index contributed by atoms with van der Waals surface area (Å²) in [6, 6.07) is 0. The quantitative estimate of drug-likeness (QED) is 0.442. The van der Waals surface area contributed by atoms with E-state index in [9.17, 15) is 4.79 Å². The second kappa shape index (κ2) is 3.58. The van der Waals surface area contributed by atoms with E-state index >= 15 is 0 Å². The number of hydrogen-bond donors (Lipinski definition) is 0. The minimum atomic E-state index is 0.472. The Labute approximate surface area is 58.2 Å². The summed E-state index contributed by atoms with van der Waals surface area (Å²) < 4.78 is 1.85. The lowest BCUT2D eigenvalue weighted by Crippen LogP contribution is -1.96. The molecule has 0 aliphatic rings. The van der Waals surface area contributed by atoms with E-state index in [0.29, 0.717) is 13.1 Å². The van der Waals surface area contributed by atoms with E-state index in [-0.39, 0.29) is 0 Å².